The number of rotatable bonds is 3. The van der Waals surface area contributed by atoms with Gasteiger partial charge in [0.25, 0.3) is 0 Å². The van der Waals surface area contributed by atoms with Gasteiger partial charge in [0.05, 0.1) is 0 Å². The molecule has 0 spiro atoms. The van der Waals surface area contributed by atoms with E-state index in [2.05, 4.69) is 4.98 Å². The van der Waals surface area contributed by atoms with Crippen LogP contribution in [0.15, 0.2) is 41.4 Å². The number of benzene rings is 1. The zero-order valence-corrected chi connectivity index (χ0v) is 11.1. The van der Waals surface area contributed by atoms with E-state index < -0.39 is 0 Å². The highest BCUT2D eigenvalue weighted by molar-refractivity contribution is 7.98. The van der Waals surface area contributed by atoms with Crippen molar-refractivity contribution >= 4 is 29.1 Å². The standard InChI is InChI=1S/C13H13ClN2S/c1-9-4-2-6-11(12(9)15)17-8-10-5-3-7-16-13(10)14/h2-7H,8,15H2,1H3. The Balaban J connectivity index is 2.13. The number of pyridine rings is 1. The van der Waals surface area contributed by atoms with Gasteiger partial charge in [-0.25, -0.2) is 4.98 Å². The van der Waals surface area contributed by atoms with E-state index in [9.17, 15) is 0 Å². The Morgan fingerprint density at radius 3 is 2.88 bits per heavy atom. The smallest absolute Gasteiger partial charge is 0.133 e. The summed E-state index contributed by atoms with van der Waals surface area (Å²) in [5.41, 5.74) is 8.99. The monoisotopic (exact) mass is 264 g/mol. The van der Waals surface area contributed by atoms with Crippen molar-refractivity contribution in [2.75, 3.05) is 5.73 Å². The van der Waals surface area contributed by atoms with Crippen LogP contribution < -0.4 is 5.73 Å². The molecule has 1 heterocycles. The molecule has 2 nitrogen and oxygen atoms in total. The number of hydrogen-bond acceptors (Lipinski definition) is 3. The van der Waals surface area contributed by atoms with Crippen LogP contribution in [0, 0.1) is 6.92 Å². The van der Waals surface area contributed by atoms with Gasteiger partial charge < -0.3 is 5.73 Å². The average Bonchev–Trinajstić information content (AvgIpc) is 2.33. The molecule has 2 aromatic rings. The first-order valence-corrected chi connectivity index (χ1v) is 6.62. The highest BCUT2D eigenvalue weighted by Crippen LogP contribution is 2.31. The second-order valence-corrected chi connectivity index (χ2v) is 5.10. The average molecular weight is 265 g/mol. The number of halogens is 1. The maximum atomic E-state index is 6.02. The summed E-state index contributed by atoms with van der Waals surface area (Å²) in [6.45, 7) is 2.01. The van der Waals surface area contributed by atoms with Crippen LogP contribution in [0.1, 0.15) is 11.1 Å². The number of aromatic nitrogens is 1. The molecule has 1 aromatic heterocycles. The molecule has 4 heteroatoms. The normalized spacial score (nSPS) is 10.5. The van der Waals surface area contributed by atoms with Gasteiger partial charge in [0, 0.05) is 22.5 Å². The van der Waals surface area contributed by atoms with Crippen LogP contribution in [0.4, 0.5) is 5.69 Å². The number of thioether (sulfide) groups is 1. The van der Waals surface area contributed by atoms with E-state index in [4.69, 9.17) is 17.3 Å². The Morgan fingerprint density at radius 2 is 2.12 bits per heavy atom. The van der Waals surface area contributed by atoms with Crippen molar-refractivity contribution in [1.82, 2.24) is 4.98 Å². The minimum Gasteiger partial charge on any atom is -0.398 e. The molecule has 0 bridgehead atoms. The van der Waals surface area contributed by atoms with E-state index in [0.29, 0.717) is 5.15 Å². The third-order valence-electron chi connectivity index (χ3n) is 2.50. The summed E-state index contributed by atoms with van der Waals surface area (Å²) in [4.78, 5) is 5.14. The molecule has 0 unspecified atom stereocenters. The van der Waals surface area contributed by atoms with Crippen LogP contribution in [0.2, 0.25) is 5.15 Å². The van der Waals surface area contributed by atoms with Crippen molar-refractivity contribution in [3.63, 3.8) is 0 Å². The molecule has 88 valence electrons. The summed E-state index contributed by atoms with van der Waals surface area (Å²) in [7, 11) is 0. The zero-order valence-electron chi connectivity index (χ0n) is 9.48. The summed E-state index contributed by atoms with van der Waals surface area (Å²) < 4.78 is 0. The lowest BCUT2D eigenvalue weighted by Crippen LogP contribution is -1.93. The number of aryl methyl sites for hydroxylation is 1. The van der Waals surface area contributed by atoms with Crippen molar-refractivity contribution in [2.45, 2.75) is 17.6 Å². The molecule has 0 atom stereocenters. The molecule has 0 aliphatic heterocycles. The topological polar surface area (TPSA) is 38.9 Å². The van der Waals surface area contributed by atoms with Crippen LogP contribution in [0.3, 0.4) is 0 Å². The van der Waals surface area contributed by atoms with E-state index in [0.717, 1.165) is 27.5 Å². The molecule has 0 saturated heterocycles. The predicted octanol–water partition coefficient (Wildman–Crippen LogP) is 3.92. The maximum absolute atomic E-state index is 6.02. The molecular formula is C13H13ClN2S. The molecule has 17 heavy (non-hydrogen) atoms. The predicted molar refractivity (Wildman–Crippen MR) is 74.4 cm³/mol. The second kappa shape index (κ2) is 5.43. The fourth-order valence-corrected chi connectivity index (χ4v) is 2.76. The van der Waals surface area contributed by atoms with Crippen molar-refractivity contribution in [1.29, 1.82) is 0 Å². The van der Waals surface area contributed by atoms with Gasteiger partial charge in [-0.3, -0.25) is 0 Å². The fourth-order valence-electron chi connectivity index (χ4n) is 1.46. The van der Waals surface area contributed by atoms with Crippen LogP contribution in [-0.4, -0.2) is 4.98 Å². The van der Waals surface area contributed by atoms with Crippen LogP contribution in [0.25, 0.3) is 0 Å². The van der Waals surface area contributed by atoms with Gasteiger partial charge in [-0.1, -0.05) is 29.8 Å². The molecule has 2 N–H and O–H groups in total. The van der Waals surface area contributed by atoms with Gasteiger partial charge in [-0.05, 0) is 30.2 Å². The van der Waals surface area contributed by atoms with E-state index in [1.165, 1.54) is 0 Å². The lowest BCUT2D eigenvalue weighted by molar-refractivity contribution is 1.25. The minimum atomic E-state index is 0.561. The number of nitrogens with two attached hydrogens (primary N) is 1. The molecule has 0 aliphatic rings. The van der Waals surface area contributed by atoms with Crippen LogP contribution in [0.5, 0.6) is 0 Å². The Morgan fingerprint density at radius 1 is 1.29 bits per heavy atom. The molecule has 0 fully saturated rings. The third kappa shape index (κ3) is 2.93. The van der Waals surface area contributed by atoms with Crippen LogP contribution in [-0.2, 0) is 5.75 Å². The number of hydrogen-bond donors (Lipinski definition) is 1. The number of anilines is 1. The molecular weight excluding hydrogens is 252 g/mol. The first kappa shape index (κ1) is 12.3. The summed E-state index contributed by atoms with van der Waals surface area (Å²) in [6.07, 6.45) is 1.69. The number of para-hydroxylation sites is 1. The Labute approximate surface area is 110 Å². The summed E-state index contributed by atoms with van der Waals surface area (Å²) in [5, 5.41) is 0.561. The third-order valence-corrected chi connectivity index (χ3v) is 3.97. The Kier molecular flexibility index (Phi) is 3.92. The van der Waals surface area contributed by atoms with Crippen molar-refractivity contribution < 1.29 is 0 Å². The quantitative estimate of drug-likeness (QED) is 0.519. The summed E-state index contributed by atoms with van der Waals surface area (Å²) in [5.74, 6) is 0.778. The lowest BCUT2D eigenvalue weighted by atomic mass is 10.2. The second-order valence-electron chi connectivity index (χ2n) is 3.73. The van der Waals surface area contributed by atoms with Gasteiger partial charge in [-0.15, -0.1) is 11.8 Å². The number of nitrogens with zero attached hydrogens (tertiary/aromatic N) is 1. The highest BCUT2D eigenvalue weighted by Gasteiger charge is 2.05. The first-order chi connectivity index (χ1) is 8.18. The zero-order chi connectivity index (χ0) is 12.3. The fraction of sp³-hybridized carbons (Fsp3) is 0.154. The van der Waals surface area contributed by atoms with Crippen molar-refractivity contribution in [2.24, 2.45) is 0 Å². The first-order valence-electron chi connectivity index (χ1n) is 5.26. The summed E-state index contributed by atoms with van der Waals surface area (Å²) >= 11 is 7.68. The van der Waals surface area contributed by atoms with E-state index >= 15 is 0 Å². The van der Waals surface area contributed by atoms with Crippen molar-refractivity contribution in [3.8, 4) is 0 Å². The minimum absolute atomic E-state index is 0.561. The van der Waals surface area contributed by atoms with Gasteiger partial charge in [0.15, 0.2) is 0 Å². The SMILES string of the molecule is Cc1cccc(SCc2cccnc2Cl)c1N. The van der Waals surface area contributed by atoms with Crippen LogP contribution >= 0.6 is 23.4 Å². The number of nitrogen functional groups attached to an aromatic ring is 1. The van der Waals surface area contributed by atoms with Crippen molar-refractivity contribution in [3.05, 3.63) is 52.8 Å². The van der Waals surface area contributed by atoms with Gasteiger partial charge >= 0.3 is 0 Å². The summed E-state index contributed by atoms with van der Waals surface area (Å²) in [6, 6.07) is 9.92. The Hall–Kier alpha value is -1.19. The maximum Gasteiger partial charge on any atom is 0.133 e. The van der Waals surface area contributed by atoms with E-state index in [1.54, 1.807) is 18.0 Å². The van der Waals surface area contributed by atoms with Gasteiger partial charge in [0.1, 0.15) is 5.15 Å². The molecule has 0 saturated carbocycles. The van der Waals surface area contributed by atoms with E-state index in [-0.39, 0.29) is 0 Å². The largest absolute Gasteiger partial charge is 0.398 e. The molecule has 0 aliphatic carbocycles. The molecule has 1 aromatic carbocycles. The van der Waals surface area contributed by atoms with Gasteiger partial charge in [0.2, 0.25) is 0 Å². The molecule has 0 radical (unpaired) electrons. The highest BCUT2D eigenvalue weighted by atomic mass is 35.5. The molecule has 2 rings (SSSR count). The molecule has 0 amide bonds. The Bertz CT molecular complexity index is 529. The van der Waals surface area contributed by atoms with Gasteiger partial charge in [-0.2, -0.15) is 0 Å². The lowest BCUT2D eigenvalue weighted by Gasteiger charge is -2.08. The van der Waals surface area contributed by atoms with E-state index in [1.807, 2.05) is 37.3 Å².